The van der Waals surface area contributed by atoms with Crippen molar-refractivity contribution in [1.29, 1.82) is 0 Å². The van der Waals surface area contributed by atoms with Gasteiger partial charge in [-0.3, -0.25) is 9.59 Å². The van der Waals surface area contributed by atoms with E-state index in [1.807, 2.05) is 58.3 Å². The maximum Gasteiger partial charge on any atom is 0.260 e. The minimum atomic E-state index is -0.192. The van der Waals surface area contributed by atoms with Crippen LogP contribution in [0.5, 0.6) is 5.75 Å². The van der Waals surface area contributed by atoms with E-state index in [0.29, 0.717) is 36.0 Å². The number of hydrogen-bond donors (Lipinski definition) is 1. The quantitative estimate of drug-likeness (QED) is 0.751. The van der Waals surface area contributed by atoms with E-state index in [1.54, 1.807) is 16.0 Å². The van der Waals surface area contributed by atoms with Crippen molar-refractivity contribution in [2.75, 3.05) is 38.7 Å². The molecule has 0 bridgehead atoms. The highest BCUT2D eigenvalue weighted by atomic mass is 16.5. The summed E-state index contributed by atoms with van der Waals surface area (Å²) in [5, 5.41) is 2.91. The Morgan fingerprint density at radius 3 is 2.67 bits per heavy atom. The summed E-state index contributed by atoms with van der Waals surface area (Å²) in [6.45, 7) is 4.92. The predicted molar refractivity (Wildman–Crippen MR) is 115 cm³/mol. The summed E-state index contributed by atoms with van der Waals surface area (Å²) in [5.74, 6) is 0.920. The van der Waals surface area contributed by atoms with Gasteiger partial charge in [-0.1, -0.05) is 18.2 Å². The van der Waals surface area contributed by atoms with Gasteiger partial charge >= 0.3 is 0 Å². The number of ether oxygens (including phenoxy) is 1. The van der Waals surface area contributed by atoms with Gasteiger partial charge in [0.25, 0.3) is 11.8 Å². The molecule has 1 fully saturated rings. The third-order valence-electron chi connectivity index (χ3n) is 4.90. The van der Waals surface area contributed by atoms with Crippen LogP contribution in [0.4, 0.5) is 5.95 Å². The Morgan fingerprint density at radius 2 is 2.00 bits per heavy atom. The average molecular weight is 412 g/mol. The SMILES string of the molecule is CC(C)NC(=O)c1cnc(N(C)C)nc1C1CCN(C(=O)COc2ccccc2)C1. The Balaban J connectivity index is 1.72. The van der Waals surface area contributed by atoms with Gasteiger partial charge in [-0.2, -0.15) is 0 Å². The molecule has 1 saturated heterocycles. The zero-order valence-corrected chi connectivity index (χ0v) is 18.0. The summed E-state index contributed by atoms with van der Waals surface area (Å²) in [5.41, 5.74) is 1.15. The number of carbonyl (C=O) groups excluding carboxylic acids is 2. The fourth-order valence-corrected chi connectivity index (χ4v) is 3.39. The summed E-state index contributed by atoms with van der Waals surface area (Å²) in [6, 6.07) is 9.29. The van der Waals surface area contributed by atoms with Gasteiger partial charge in [0.2, 0.25) is 5.95 Å². The van der Waals surface area contributed by atoms with Gasteiger partial charge in [-0.15, -0.1) is 0 Å². The van der Waals surface area contributed by atoms with E-state index in [-0.39, 0.29) is 30.4 Å². The fraction of sp³-hybridized carbons (Fsp3) is 0.455. The maximum atomic E-state index is 12.7. The number of likely N-dealkylation sites (tertiary alicyclic amines) is 1. The van der Waals surface area contributed by atoms with Crippen LogP contribution in [0.3, 0.4) is 0 Å². The Hall–Kier alpha value is -3.16. The number of aromatic nitrogens is 2. The van der Waals surface area contributed by atoms with Crippen LogP contribution >= 0.6 is 0 Å². The summed E-state index contributed by atoms with van der Waals surface area (Å²) in [7, 11) is 3.72. The molecule has 8 nitrogen and oxygen atoms in total. The zero-order valence-electron chi connectivity index (χ0n) is 18.0. The Bertz CT molecular complexity index is 886. The monoisotopic (exact) mass is 411 g/mol. The Labute approximate surface area is 177 Å². The van der Waals surface area contributed by atoms with E-state index in [4.69, 9.17) is 4.74 Å². The van der Waals surface area contributed by atoms with Crippen LogP contribution in [0.1, 0.15) is 42.2 Å². The van der Waals surface area contributed by atoms with Gasteiger partial charge in [0.05, 0.1) is 11.3 Å². The van der Waals surface area contributed by atoms with E-state index in [9.17, 15) is 9.59 Å². The lowest BCUT2D eigenvalue weighted by atomic mass is 9.99. The number of carbonyl (C=O) groups is 2. The normalized spacial score (nSPS) is 15.9. The van der Waals surface area contributed by atoms with Crippen LogP contribution in [0.2, 0.25) is 0 Å². The van der Waals surface area contributed by atoms with E-state index < -0.39 is 0 Å². The van der Waals surface area contributed by atoms with Gasteiger partial charge in [-0.05, 0) is 32.4 Å². The van der Waals surface area contributed by atoms with Crippen molar-refractivity contribution in [2.45, 2.75) is 32.2 Å². The molecule has 1 aromatic heterocycles. The number of para-hydroxylation sites is 1. The third-order valence-corrected chi connectivity index (χ3v) is 4.90. The first kappa shape index (κ1) is 21.5. The molecular formula is C22H29N5O3. The van der Waals surface area contributed by atoms with Crippen molar-refractivity contribution >= 4 is 17.8 Å². The molecule has 0 radical (unpaired) electrons. The van der Waals surface area contributed by atoms with Crippen molar-refractivity contribution in [2.24, 2.45) is 0 Å². The molecule has 30 heavy (non-hydrogen) atoms. The lowest BCUT2D eigenvalue weighted by molar-refractivity contribution is -0.132. The average Bonchev–Trinajstić information content (AvgIpc) is 3.22. The molecule has 1 unspecified atom stereocenters. The summed E-state index contributed by atoms with van der Waals surface area (Å²) in [4.78, 5) is 37.8. The van der Waals surface area contributed by atoms with E-state index in [2.05, 4.69) is 15.3 Å². The topological polar surface area (TPSA) is 87.7 Å². The second-order valence-corrected chi connectivity index (χ2v) is 7.92. The molecule has 0 saturated carbocycles. The summed E-state index contributed by atoms with van der Waals surface area (Å²) < 4.78 is 5.59. The van der Waals surface area contributed by atoms with E-state index in [1.165, 1.54) is 0 Å². The molecule has 1 aliphatic rings. The molecule has 2 aromatic rings. The lowest BCUT2D eigenvalue weighted by Crippen LogP contribution is -2.34. The van der Waals surface area contributed by atoms with E-state index >= 15 is 0 Å². The maximum absolute atomic E-state index is 12.7. The molecule has 2 amide bonds. The molecular weight excluding hydrogens is 382 g/mol. The largest absolute Gasteiger partial charge is 0.484 e. The van der Waals surface area contributed by atoms with Crippen molar-refractivity contribution in [3.8, 4) is 5.75 Å². The van der Waals surface area contributed by atoms with Crippen LogP contribution in [-0.2, 0) is 4.79 Å². The number of amides is 2. The molecule has 1 N–H and O–H groups in total. The standard InChI is InChI=1S/C22H29N5O3/c1-15(2)24-21(29)18-12-23-22(26(3)4)25-20(18)16-10-11-27(13-16)19(28)14-30-17-8-6-5-7-9-17/h5-9,12,15-16H,10-11,13-14H2,1-4H3,(H,24,29). The number of anilines is 1. The van der Waals surface area contributed by atoms with Crippen molar-refractivity contribution in [3.63, 3.8) is 0 Å². The van der Waals surface area contributed by atoms with Crippen LogP contribution in [0.25, 0.3) is 0 Å². The molecule has 3 rings (SSSR count). The molecule has 1 aliphatic heterocycles. The third kappa shape index (κ3) is 5.25. The molecule has 0 aliphatic carbocycles. The molecule has 2 heterocycles. The summed E-state index contributed by atoms with van der Waals surface area (Å²) >= 11 is 0. The lowest BCUT2D eigenvalue weighted by Gasteiger charge is -2.20. The van der Waals surface area contributed by atoms with Gasteiger partial charge < -0.3 is 19.9 Å². The summed E-state index contributed by atoms with van der Waals surface area (Å²) in [6.07, 6.45) is 2.32. The van der Waals surface area contributed by atoms with Crippen molar-refractivity contribution in [3.05, 3.63) is 47.8 Å². The molecule has 1 aromatic carbocycles. The fourth-order valence-electron chi connectivity index (χ4n) is 3.39. The van der Waals surface area contributed by atoms with Gasteiger partial charge in [0, 0.05) is 45.3 Å². The highest BCUT2D eigenvalue weighted by Crippen LogP contribution is 2.29. The van der Waals surface area contributed by atoms with Gasteiger partial charge in [0.15, 0.2) is 6.61 Å². The minimum Gasteiger partial charge on any atom is -0.484 e. The van der Waals surface area contributed by atoms with Crippen LogP contribution in [-0.4, -0.2) is 66.5 Å². The first-order chi connectivity index (χ1) is 14.3. The Morgan fingerprint density at radius 1 is 1.27 bits per heavy atom. The van der Waals surface area contributed by atoms with Crippen LogP contribution in [0.15, 0.2) is 36.5 Å². The zero-order chi connectivity index (χ0) is 21.7. The number of nitrogens with zero attached hydrogens (tertiary/aromatic N) is 4. The molecule has 160 valence electrons. The number of hydrogen-bond acceptors (Lipinski definition) is 6. The molecule has 1 atom stereocenters. The minimum absolute atomic E-state index is 0.00977. The van der Waals surface area contributed by atoms with Crippen molar-refractivity contribution in [1.82, 2.24) is 20.2 Å². The second kappa shape index (κ2) is 9.56. The van der Waals surface area contributed by atoms with Crippen LogP contribution in [0, 0.1) is 0 Å². The molecule has 8 heteroatoms. The Kier molecular flexibility index (Phi) is 6.87. The number of benzene rings is 1. The highest BCUT2D eigenvalue weighted by Gasteiger charge is 2.32. The predicted octanol–water partition coefficient (Wildman–Crippen LogP) is 2.08. The first-order valence-electron chi connectivity index (χ1n) is 10.2. The number of nitrogens with one attached hydrogen (secondary N) is 1. The van der Waals surface area contributed by atoms with Crippen LogP contribution < -0.4 is 15.0 Å². The second-order valence-electron chi connectivity index (χ2n) is 7.92. The molecule has 0 spiro atoms. The smallest absolute Gasteiger partial charge is 0.260 e. The van der Waals surface area contributed by atoms with E-state index in [0.717, 1.165) is 6.42 Å². The number of rotatable bonds is 7. The van der Waals surface area contributed by atoms with Gasteiger partial charge in [0.1, 0.15) is 5.75 Å². The van der Waals surface area contributed by atoms with Gasteiger partial charge in [-0.25, -0.2) is 9.97 Å². The first-order valence-corrected chi connectivity index (χ1v) is 10.2. The van der Waals surface area contributed by atoms with Crippen molar-refractivity contribution < 1.29 is 14.3 Å². The highest BCUT2D eigenvalue weighted by molar-refractivity contribution is 5.95.